The maximum Gasteiger partial charge on any atom is 0.251 e. The molecule has 1 fully saturated rings. The summed E-state index contributed by atoms with van der Waals surface area (Å²) in [7, 11) is 1.49. The van der Waals surface area contributed by atoms with Crippen LogP contribution in [0.15, 0.2) is 41.6 Å². The fourth-order valence-corrected chi connectivity index (χ4v) is 5.60. The van der Waals surface area contributed by atoms with Gasteiger partial charge in [-0.3, -0.25) is 14.4 Å². The second-order valence-electron chi connectivity index (χ2n) is 9.55. The van der Waals surface area contributed by atoms with E-state index in [1.54, 1.807) is 11.3 Å². The number of methoxy groups -OCH3 is 1. The highest BCUT2D eigenvalue weighted by atomic mass is 32.1. The van der Waals surface area contributed by atoms with Crippen molar-refractivity contribution in [3.05, 3.63) is 52.9 Å². The molecule has 0 saturated carbocycles. The fraction of sp³-hybridized carbons (Fsp3) is 0.462. The highest BCUT2D eigenvalue weighted by molar-refractivity contribution is 7.13. The van der Waals surface area contributed by atoms with E-state index in [-0.39, 0.29) is 43.1 Å². The van der Waals surface area contributed by atoms with Gasteiger partial charge in [-0.15, -0.1) is 11.3 Å². The first-order chi connectivity index (χ1) is 17.2. The van der Waals surface area contributed by atoms with Gasteiger partial charge in [0.15, 0.2) is 0 Å². The number of aliphatic hydroxyl groups excluding tert-OH is 1. The molecule has 0 unspecified atom stereocenters. The zero-order valence-electron chi connectivity index (χ0n) is 20.9. The molecule has 4 rings (SSSR count). The number of aliphatic hydroxyl groups is 1. The van der Waals surface area contributed by atoms with Gasteiger partial charge in [0.1, 0.15) is 17.8 Å². The van der Waals surface area contributed by atoms with Gasteiger partial charge in [0.05, 0.1) is 35.8 Å². The predicted octanol–water partition coefficient (Wildman–Crippen LogP) is 2.09. The van der Waals surface area contributed by atoms with Crippen molar-refractivity contribution in [1.82, 2.24) is 20.1 Å². The van der Waals surface area contributed by atoms with E-state index in [1.165, 1.54) is 23.0 Å². The van der Waals surface area contributed by atoms with Crippen molar-refractivity contribution in [2.45, 2.75) is 51.9 Å². The van der Waals surface area contributed by atoms with Crippen molar-refractivity contribution >= 4 is 29.1 Å². The number of ether oxygens (including phenoxy) is 1. The number of nitrogens with zero attached hydrogens (tertiary/aromatic N) is 3. The smallest absolute Gasteiger partial charge is 0.251 e. The highest BCUT2D eigenvalue weighted by Crippen LogP contribution is 2.28. The van der Waals surface area contributed by atoms with Gasteiger partial charge in [-0.1, -0.05) is 38.1 Å². The van der Waals surface area contributed by atoms with Crippen LogP contribution in [0.2, 0.25) is 0 Å². The normalized spacial score (nSPS) is 20.6. The number of nitrogens with one attached hydrogen (secondary N) is 1. The number of rotatable bonds is 8. The third kappa shape index (κ3) is 5.29. The van der Waals surface area contributed by atoms with E-state index < -0.39 is 18.2 Å². The number of likely N-dealkylation sites (tertiary alicyclic amines) is 1. The number of hydrogen-bond acceptors (Lipinski definition) is 7. The largest absolute Gasteiger partial charge is 0.499 e. The number of carbonyl (C=O) groups is 3. The van der Waals surface area contributed by atoms with Crippen LogP contribution in [0.25, 0.3) is 10.4 Å². The number of carbonyl (C=O) groups excluding carboxylic acids is 3. The molecule has 1 aromatic heterocycles. The molecule has 36 heavy (non-hydrogen) atoms. The van der Waals surface area contributed by atoms with Gasteiger partial charge in [0, 0.05) is 25.6 Å². The number of β-amino-alcohol motifs (C(OH)–C–C–N with tert-alkyl or cyclic N) is 1. The van der Waals surface area contributed by atoms with E-state index >= 15 is 0 Å². The molecule has 1 saturated heterocycles. The van der Waals surface area contributed by atoms with Crippen LogP contribution in [0, 0.1) is 12.8 Å². The third-order valence-corrected chi connectivity index (χ3v) is 7.65. The minimum absolute atomic E-state index is 0.0512. The standard InChI is InChI=1S/C26H32N4O5S/c1-15(2)23(30-13-20(35-4)10-22(30)32)26(34)29-12-19(31)9-21(29)25(33)27-11-17-5-7-18(8-6-17)24-16(3)28-14-36-24/h5-8,10,14-15,19,21,23,31H,9,11-13H2,1-4H3,(H,27,33)/t19-,21+,23+/m1/s1. The van der Waals surface area contributed by atoms with E-state index in [1.807, 2.05) is 50.5 Å². The molecule has 0 radical (unpaired) electrons. The lowest BCUT2D eigenvalue weighted by atomic mass is 10.0. The van der Waals surface area contributed by atoms with Crippen LogP contribution in [0.3, 0.4) is 0 Å². The molecular weight excluding hydrogens is 480 g/mol. The summed E-state index contributed by atoms with van der Waals surface area (Å²) < 4.78 is 5.20. The van der Waals surface area contributed by atoms with E-state index in [2.05, 4.69) is 10.3 Å². The van der Waals surface area contributed by atoms with Crippen LogP contribution >= 0.6 is 11.3 Å². The van der Waals surface area contributed by atoms with Crippen molar-refractivity contribution in [3.8, 4) is 10.4 Å². The molecule has 0 bridgehead atoms. The fourth-order valence-electron chi connectivity index (χ4n) is 4.79. The molecule has 9 nitrogen and oxygen atoms in total. The lowest BCUT2D eigenvalue weighted by molar-refractivity contribution is -0.147. The number of benzene rings is 1. The lowest BCUT2D eigenvalue weighted by Gasteiger charge is -2.35. The molecule has 3 amide bonds. The second-order valence-corrected chi connectivity index (χ2v) is 10.4. The minimum Gasteiger partial charge on any atom is -0.499 e. The Morgan fingerprint density at radius 3 is 2.58 bits per heavy atom. The molecule has 0 spiro atoms. The SMILES string of the molecule is COC1=CC(=O)N([C@H](C(=O)N2C[C@H](O)C[C@H]2C(=O)NCc2ccc(-c3scnc3C)cc2)C(C)C)C1. The molecule has 1 aromatic carbocycles. The van der Waals surface area contributed by atoms with E-state index in [4.69, 9.17) is 4.74 Å². The van der Waals surface area contributed by atoms with Gasteiger partial charge in [0.25, 0.3) is 5.91 Å². The number of amides is 3. The third-order valence-electron chi connectivity index (χ3n) is 6.67. The summed E-state index contributed by atoms with van der Waals surface area (Å²) in [5, 5.41) is 13.2. The Morgan fingerprint density at radius 1 is 1.28 bits per heavy atom. The van der Waals surface area contributed by atoms with Crippen LogP contribution in [0.1, 0.15) is 31.5 Å². The molecule has 10 heteroatoms. The summed E-state index contributed by atoms with van der Waals surface area (Å²) in [5.74, 6) is -0.658. The van der Waals surface area contributed by atoms with Gasteiger partial charge in [-0.25, -0.2) is 4.98 Å². The van der Waals surface area contributed by atoms with Crippen molar-refractivity contribution in [3.63, 3.8) is 0 Å². The Labute approximate surface area is 214 Å². The van der Waals surface area contributed by atoms with Crippen LogP contribution in [0.4, 0.5) is 0 Å². The molecule has 0 aliphatic carbocycles. The summed E-state index contributed by atoms with van der Waals surface area (Å²) in [5.41, 5.74) is 4.79. The topological polar surface area (TPSA) is 112 Å². The zero-order valence-corrected chi connectivity index (χ0v) is 21.7. The summed E-state index contributed by atoms with van der Waals surface area (Å²) in [6.45, 7) is 6.25. The number of hydrogen-bond donors (Lipinski definition) is 2. The maximum atomic E-state index is 13.6. The van der Waals surface area contributed by atoms with Crippen molar-refractivity contribution < 1.29 is 24.2 Å². The summed E-state index contributed by atoms with van der Waals surface area (Å²) in [4.78, 5) is 47.5. The van der Waals surface area contributed by atoms with Crippen molar-refractivity contribution in [1.29, 1.82) is 0 Å². The van der Waals surface area contributed by atoms with Crippen LogP contribution in [0.5, 0.6) is 0 Å². The van der Waals surface area contributed by atoms with Gasteiger partial charge in [-0.2, -0.15) is 0 Å². The second kappa shape index (κ2) is 10.8. The van der Waals surface area contributed by atoms with E-state index in [0.29, 0.717) is 12.3 Å². The summed E-state index contributed by atoms with van der Waals surface area (Å²) in [6.07, 6.45) is 0.732. The van der Waals surface area contributed by atoms with Crippen molar-refractivity contribution in [2.75, 3.05) is 20.2 Å². The Hall–Kier alpha value is -3.24. The predicted molar refractivity (Wildman–Crippen MR) is 136 cm³/mol. The van der Waals surface area contributed by atoms with Crippen molar-refractivity contribution in [2.24, 2.45) is 5.92 Å². The number of thiazole rings is 1. The highest BCUT2D eigenvalue weighted by Gasteiger charge is 2.45. The molecule has 3 atom stereocenters. The van der Waals surface area contributed by atoms with Gasteiger partial charge < -0.3 is 25.0 Å². The van der Waals surface area contributed by atoms with E-state index in [0.717, 1.165) is 21.7 Å². The Balaban J connectivity index is 1.42. The summed E-state index contributed by atoms with van der Waals surface area (Å²) in [6, 6.07) is 6.34. The van der Waals surface area contributed by atoms with Gasteiger partial charge in [-0.05, 0) is 24.0 Å². The summed E-state index contributed by atoms with van der Waals surface area (Å²) >= 11 is 1.58. The first-order valence-electron chi connectivity index (χ1n) is 12.0. The Bertz CT molecular complexity index is 1160. The molecule has 2 aliphatic rings. The molecular formula is C26H32N4O5S. The number of aryl methyl sites for hydroxylation is 1. The van der Waals surface area contributed by atoms with Crippen LogP contribution in [-0.2, 0) is 25.7 Å². The molecule has 2 aliphatic heterocycles. The molecule has 3 heterocycles. The monoisotopic (exact) mass is 512 g/mol. The lowest BCUT2D eigenvalue weighted by Crippen LogP contribution is -2.55. The quantitative estimate of drug-likeness (QED) is 0.560. The van der Waals surface area contributed by atoms with Gasteiger partial charge >= 0.3 is 0 Å². The average molecular weight is 513 g/mol. The van der Waals surface area contributed by atoms with Crippen LogP contribution < -0.4 is 5.32 Å². The number of aromatic nitrogens is 1. The zero-order chi connectivity index (χ0) is 26.0. The molecule has 2 aromatic rings. The minimum atomic E-state index is -0.805. The maximum absolute atomic E-state index is 13.6. The Kier molecular flexibility index (Phi) is 7.75. The first-order valence-corrected chi connectivity index (χ1v) is 12.9. The first kappa shape index (κ1) is 25.8. The molecule has 192 valence electrons. The van der Waals surface area contributed by atoms with E-state index in [9.17, 15) is 19.5 Å². The van der Waals surface area contributed by atoms with Crippen LogP contribution in [-0.4, -0.2) is 76.0 Å². The average Bonchev–Trinajstić information content (AvgIpc) is 3.56. The molecule has 2 N–H and O–H groups in total. The Morgan fingerprint density at radius 2 is 2.00 bits per heavy atom. The van der Waals surface area contributed by atoms with Gasteiger partial charge in [0.2, 0.25) is 11.8 Å².